The molecule has 33 heavy (non-hydrogen) atoms. The molecule has 172 valence electrons. The van der Waals surface area contributed by atoms with E-state index in [1.54, 1.807) is 37.6 Å². The number of aromatic nitrogens is 1. The first-order valence-electron chi connectivity index (χ1n) is 11.7. The maximum absolute atomic E-state index is 13.2. The Labute approximate surface area is 199 Å². The lowest BCUT2D eigenvalue weighted by molar-refractivity contribution is -0.0659. The number of benzene rings is 2. The van der Waals surface area contributed by atoms with E-state index in [2.05, 4.69) is 16.8 Å². The molecule has 3 fully saturated rings. The Bertz CT molecular complexity index is 1150. The molecule has 0 spiro atoms. The summed E-state index contributed by atoms with van der Waals surface area (Å²) < 4.78 is 11.8. The number of methoxy groups -OCH3 is 1. The van der Waals surface area contributed by atoms with Crippen molar-refractivity contribution in [3.05, 3.63) is 70.9 Å². The predicted molar refractivity (Wildman–Crippen MR) is 130 cm³/mol. The van der Waals surface area contributed by atoms with E-state index in [1.807, 2.05) is 24.3 Å². The van der Waals surface area contributed by atoms with Gasteiger partial charge in [-0.25, -0.2) is 4.79 Å². The van der Waals surface area contributed by atoms with Gasteiger partial charge in [-0.1, -0.05) is 24.9 Å². The van der Waals surface area contributed by atoms with Gasteiger partial charge in [0, 0.05) is 28.7 Å². The average Bonchev–Trinajstić information content (AvgIpc) is 2.87. The first-order chi connectivity index (χ1) is 16.1. The largest absolute Gasteiger partial charge is 0.497 e. The van der Waals surface area contributed by atoms with E-state index in [9.17, 15) is 4.79 Å². The van der Waals surface area contributed by atoms with Crippen molar-refractivity contribution in [3.8, 4) is 5.75 Å². The quantitative estimate of drug-likeness (QED) is 0.424. The maximum atomic E-state index is 13.2. The third-order valence-corrected chi connectivity index (χ3v) is 7.66. The van der Waals surface area contributed by atoms with E-state index in [0.717, 1.165) is 47.6 Å². The Morgan fingerprint density at radius 1 is 1.21 bits per heavy atom. The van der Waals surface area contributed by atoms with E-state index in [1.165, 1.54) is 12.8 Å². The summed E-state index contributed by atoms with van der Waals surface area (Å²) in [5, 5.41) is 1.55. The van der Waals surface area contributed by atoms with Crippen LogP contribution in [0.5, 0.6) is 5.75 Å². The van der Waals surface area contributed by atoms with Gasteiger partial charge < -0.3 is 9.47 Å². The van der Waals surface area contributed by atoms with Crippen molar-refractivity contribution in [2.24, 2.45) is 11.8 Å². The molecule has 3 aromatic rings. The minimum absolute atomic E-state index is 0.139. The number of hydrogen-bond acceptors (Lipinski definition) is 5. The van der Waals surface area contributed by atoms with Crippen LogP contribution in [-0.4, -0.2) is 42.1 Å². The lowest BCUT2D eigenvalue weighted by Gasteiger charge is -2.51. The molecule has 1 aromatic heterocycles. The van der Waals surface area contributed by atoms with Crippen LogP contribution in [0.2, 0.25) is 5.02 Å². The standard InChI is InChI=1S/C27H29ClN2O3/c1-3-17-16-30-13-11-19(17)14-25(30)26(33-27(31)18-4-6-20(28)7-5-18)22-10-12-29-24-9-8-21(32-2)15-23(22)24/h4-10,12,15,17,19,25-26H,3,11,13-14,16H2,1-2H3/t17-,19-,25-,26+/m0/s1. The lowest BCUT2D eigenvalue weighted by atomic mass is 9.72. The van der Waals surface area contributed by atoms with Gasteiger partial charge in [-0.15, -0.1) is 0 Å². The number of halogens is 1. The molecule has 0 radical (unpaired) electrons. The number of carbonyl (C=O) groups excluding carboxylic acids is 1. The van der Waals surface area contributed by atoms with Gasteiger partial charge in [-0.2, -0.15) is 0 Å². The maximum Gasteiger partial charge on any atom is 0.338 e. The molecule has 2 bridgehead atoms. The Kier molecular flexibility index (Phi) is 6.26. The molecule has 0 amide bonds. The SMILES string of the molecule is CC[C@H]1CN2CC[C@H]1C[C@H]2[C@H](OC(=O)c1ccc(Cl)cc1)c1ccnc2ccc(OC)cc12. The van der Waals surface area contributed by atoms with Crippen LogP contribution in [0, 0.1) is 11.8 Å². The number of ether oxygens (including phenoxy) is 2. The summed E-state index contributed by atoms with van der Waals surface area (Å²) in [6.07, 6.45) is 4.85. The van der Waals surface area contributed by atoms with Crippen LogP contribution in [0.4, 0.5) is 0 Å². The zero-order valence-corrected chi connectivity index (χ0v) is 19.8. The van der Waals surface area contributed by atoms with Crippen molar-refractivity contribution in [1.29, 1.82) is 0 Å². The van der Waals surface area contributed by atoms with E-state index in [-0.39, 0.29) is 12.0 Å². The molecule has 1 unspecified atom stereocenters. The average molecular weight is 465 g/mol. The zero-order valence-electron chi connectivity index (χ0n) is 19.0. The zero-order chi connectivity index (χ0) is 22.9. The van der Waals surface area contributed by atoms with Crippen molar-refractivity contribution >= 4 is 28.5 Å². The second kappa shape index (κ2) is 9.32. The summed E-state index contributed by atoms with van der Waals surface area (Å²) in [7, 11) is 1.66. The summed E-state index contributed by atoms with van der Waals surface area (Å²) in [4.78, 5) is 20.3. The van der Waals surface area contributed by atoms with E-state index < -0.39 is 6.10 Å². The number of hydrogen-bond donors (Lipinski definition) is 0. The third-order valence-electron chi connectivity index (χ3n) is 7.41. The van der Waals surface area contributed by atoms with Gasteiger partial charge in [0.25, 0.3) is 0 Å². The molecule has 3 aliphatic heterocycles. The molecule has 6 rings (SSSR count). The minimum atomic E-state index is -0.397. The number of carbonyl (C=O) groups is 1. The third kappa shape index (κ3) is 4.32. The molecule has 0 N–H and O–H groups in total. The van der Waals surface area contributed by atoms with Crippen LogP contribution < -0.4 is 4.74 Å². The van der Waals surface area contributed by atoms with Gasteiger partial charge in [-0.3, -0.25) is 9.88 Å². The Morgan fingerprint density at radius 3 is 2.73 bits per heavy atom. The van der Waals surface area contributed by atoms with Crippen LogP contribution >= 0.6 is 11.6 Å². The highest BCUT2D eigenvalue weighted by molar-refractivity contribution is 6.30. The fourth-order valence-corrected chi connectivity index (χ4v) is 5.72. The highest BCUT2D eigenvalue weighted by Gasteiger charge is 2.44. The molecule has 5 atom stereocenters. The topological polar surface area (TPSA) is 51.7 Å². The van der Waals surface area contributed by atoms with Crippen molar-refractivity contribution in [2.45, 2.75) is 38.3 Å². The summed E-state index contributed by atoms with van der Waals surface area (Å²) in [6.45, 7) is 4.39. The Morgan fingerprint density at radius 2 is 2.03 bits per heavy atom. The van der Waals surface area contributed by atoms with Gasteiger partial charge in [0.1, 0.15) is 11.9 Å². The predicted octanol–water partition coefficient (Wildman–Crippen LogP) is 5.92. The molecular formula is C27H29ClN2O3. The summed E-state index contributed by atoms with van der Waals surface area (Å²) in [5.74, 6) is 1.82. The minimum Gasteiger partial charge on any atom is -0.497 e. The van der Waals surface area contributed by atoms with Crippen LogP contribution in [-0.2, 0) is 4.74 Å². The van der Waals surface area contributed by atoms with Gasteiger partial charge in [0.05, 0.1) is 24.2 Å². The molecule has 0 aliphatic carbocycles. The molecule has 6 heteroatoms. The highest BCUT2D eigenvalue weighted by Crippen LogP contribution is 2.44. The number of nitrogens with zero attached hydrogens (tertiary/aromatic N) is 2. The Hall–Kier alpha value is -2.63. The fraction of sp³-hybridized carbons (Fsp3) is 0.407. The molecule has 4 heterocycles. The molecular weight excluding hydrogens is 436 g/mol. The van der Waals surface area contributed by atoms with Crippen molar-refractivity contribution in [1.82, 2.24) is 9.88 Å². The number of pyridine rings is 1. The molecule has 3 saturated heterocycles. The summed E-state index contributed by atoms with van der Waals surface area (Å²) in [6, 6.07) is 14.9. The van der Waals surface area contributed by atoms with Crippen LogP contribution in [0.1, 0.15) is 48.2 Å². The van der Waals surface area contributed by atoms with E-state index in [4.69, 9.17) is 21.1 Å². The number of rotatable bonds is 6. The van der Waals surface area contributed by atoms with Gasteiger partial charge in [-0.05, 0) is 79.8 Å². The normalized spacial score (nSPS) is 25.1. The highest BCUT2D eigenvalue weighted by atomic mass is 35.5. The fourth-order valence-electron chi connectivity index (χ4n) is 5.60. The van der Waals surface area contributed by atoms with Crippen LogP contribution in [0.25, 0.3) is 10.9 Å². The van der Waals surface area contributed by atoms with Crippen LogP contribution in [0.3, 0.4) is 0 Å². The first-order valence-corrected chi connectivity index (χ1v) is 12.1. The monoisotopic (exact) mass is 464 g/mol. The molecule has 3 aliphatic rings. The van der Waals surface area contributed by atoms with Gasteiger partial charge in [0.2, 0.25) is 0 Å². The van der Waals surface area contributed by atoms with Crippen LogP contribution in [0.15, 0.2) is 54.7 Å². The second-order valence-corrected chi connectivity index (χ2v) is 9.57. The number of esters is 1. The Balaban J connectivity index is 1.55. The number of piperidine rings is 3. The first kappa shape index (κ1) is 22.2. The van der Waals surface area contributed by atoms with E-state index in [0.29, 0.717) is 16.5 Å². The lowest BCUT2D eigenvalue weighted by Crippen LogP contribution is -2.55. The summed E-state index contributed by atoms with van der Waals surface area (Å²) >= 11 is 6.03. The van der Waals surface area contributed by atoms with Crippen molar-refractivity contribution in [3.63, 3.8) is 0 Å². The smallest absolute Gasteiger partial charge is 0.338 e. The molecule has 5 nitrogen and oxygen atoms in total. The second-order valence-electron chi connectivity index (χ2n) is 9.13. The van der Waals surface area contributed by atoms with Crippen molar-refractivity contribution in [2.75, 3.05) is 20.2 Å². The van der Waals surface area contributed by atoms with Crippen molar-refractivity contribution < 1.29 is 14.3 Å². The molecule has 2 aromatic carbocycles. The summed E-state index contributed by atoms with van der Waals surface area (Å²) in [5.41, 5.74) is 2.35. The van der Waals surface area contributed by atoms with E-state index >= 15 is 0 Å². The number of fused-ring (bicyclic) bond motifs is 4. The van der Waals surface area contributed by atoms with Gasteiger partial charge in [0.15, 0.2) is 0 Å². The van der Waals surface area contributed by atoms with Gasteiger partial charge >= 0.3 is 5.97 Å². The molecule has 0 saturated carbocycles.